The minimum atomic E-state index is -0.484. The molecule has 2 aromatic rings. The number of hydrogen-bond acceptors (Lipinski definition) is 3. The molecular weight excluding hydrogens is 336 g/mol. The van der Waals surface area contributed by atoms with Crippen molar-refractivity contribution < 1.29 is 13.5 Å². The van der Waals surface area contributed by atoms with E-state index in [4.69, 9.17) is 4.74 Å². The van der Waals surface area contributed by atoms with Crippen LogP contribution in [-0.4, -0.2) is 11.2 Å². The lowest BCUT2D eigenvalue weighted by molar-refractivity contribution is 0.300. The molecule has 0 atom stereocenters. The topological polar surface area (TPSA) is 22.1 Å². The van der Waals surface area contributed by atoms with E-state index in [0.29, 0.717) is 10.2 Å². The van der Waals surface area contributed by atoms with Gasteiger partial charge >= 0.3 is 0 Å². The van der Waals surface area contributed by atoms with Crippen LogP contribution in [0.4, 0.5) is 8.78 Å². The van der Waals surface area contributed by atoms with E-state index in [1.54, 1.807) is 0 Å². The Labute approximate surface area is 122 Å². The molecule has 2 rings (SSSR count). The number of pyridine rings is 1. The quantitative estimate of drug-likeness (QED) is 0.604. The third kappa shape index (κ3) is 3.91. The summed E-state index contributed by atoms with van der Waals surface area (Å²) in [5.41, 5.74) is 0.681. The van der Waals surface area contributed by atoms with E-state index in [9.17, 15) is 8.78 Å². The van der Waals surface area contributed by atoms with Crippen molar-refractivity contribution in [1.29, 1.82) is 0 Å². The summed E-state index contributed by atoms with van der Waals surface area (Å²) >= 11 is 4.61. The fourth-order valence-corrected chi connectivity index (χ4v) is 2.32. The Morgan fingerprint density at radius 2 is 2.00 bits per heavy atom. The number of nitrogens with zero attached hydrogens (tertiary/aromatic N) is 1. The SMILES string of the molecule is CSc1cc(F)cc(COc2cc(F)cnc2Br)c1. The van der Waals surface area contributed by atoms with Crippen molar-refractivity contribution in [1.82, 2.24) is 4.98 Å². The van der Waals surface area contributed by atoms with Gasteiger partial charge in [0.15, 0.2) is 5.75 Å². The summed E-state index contributed by atoms with van der Waals surface area (Å²) in [6, 6.07) is 5.90. The molecule has 0 unspecified atom stereocenters. The number of thioether (sulfide) groups is 1. The van der Waals surface area contributed by atoms with Crippen LogP contribution in [-0.2, 0) is 6.61 Å². The van der Waals surface area contributed by atoms with Gasteiger partial charge in [-0.2, -0.15) is 0 Å². The fourth-order valence-electron chi connectivity index (χ4n) is 1.49. The molecule has 100 valence electrons. The molecular formula is C13H10BrF2NOS. The van der Waals surface area contributed by atoms with Crippen LogP contribution >= 0.6 is 27.7 Å². The molecule has 0 fully saturated rings. The van der Waals surface area contributed by atoms with Crippen LogP contribution in [0, 0.1) is 11.6 Å². The first kappa shape index (κ1) is 14.3. The molecule has 0 saturated carbocycles. The number of hydrogen-bond donors (Lipinski definition) is 0. The molecule has 1 aromatic heterocycles. The van der Waals surface area contributed by atoms with E-state index >= 15 is 0 Å². The van der Waals surface area contributed by atoms with Gasteiger partial charge in [0.1, 0.15) is 22.8 Å². The van der Waals surface area contributed by atoms with E-state index in [-0.39, 0.29) is 18.2 Å². The van der Waals surface area contributed by atoms with E-state index < -0.39 is 5.82 Å². The zero-order valence-electron chi connectivity index (χ0n) is 9.99. The van der Waals surface area contributed by atoms with Gasteiger partial charge in [0, 0.05) is 11.0 Å². The monoisotopic (exact) mass is 345 g/mol. The molecule has 19 heavy (non-hydrogen) atoms. The molecule has 1 aromatic carbocycles. The minimum Gasteiger partial charge on any atom is -0.486 e. The summed E-state index contributed by atoms with van der Waals surface area (Å²) in [6.45, 7) is 0.148. The van der Waals surface area contributed by atoms with Crippen molar-refractivity contribution in [2.24, 2.45) is 0 Å². The predicted octanol–water partition coefficient (Wildman–Crippen LogP) is 4.42. The van der Waals surface area contributed by atoms with Crippen molar-refractivity contribution in [2.45, 2.75) is 11.5 Å². The Kier molecular flexibility index (Phi) is 4.76. The van der Waals surface area contributed by atoms with Crippen LogP contribution < -0.4 is 4.74 Å². The lowest BCUT2D eigenvalue weighted by Crippen LogP contribution is -1.98. The summed E-state index contributed by atoms with van der Waals surface area (Å²) in [4.78, 5) is 4.60. The lowest BCUT2D eigenvalue weighted by Gasteiger charge is -2.09. The molecule has 0 aliphatic rings. The molecule has 1 heterocycles. The summed E-state index contributed by atoms with van der Waals surface area (Å²) in [5.74, 6) is -0.515. The summed E-state index contributed by atoms with van der Waals surface area (Å²) in [6.07, 6.45) is 2.96. The molecule has 0 N–H and O–H groups in total. The van der Waals surface area contributed by atoms with Crippen LogP contribution in [0.25, 0.3) is 0 Å². The van der Waals surface area contributed by atoms with Crippen LogP contribution in [0.5, 0.6) is 5.75 Å². The molecule has 0 aliphatic carbocycles. The van der Waals surface area contributed by atoms with E-state index in [0.717, 1.165) is 11.1 Å². The molecule has 2 nitrogen and oxygen atoms in total. The molecule has 0 radical (unpaired) electrons. The van der Waals surface area contributed by atoms with Gasteiger partial charge in [-0.25, -0.2) is 13.8 Å². The Hall–Kier alpha value is -1.14. The zero-order valence-corrected chi connectivity index (χ0v) is 12.4. The average Bonchev–Trinajstić information content (AvgIpc) is 2.39. The highest BCUT2D eigenvalue weighted by molar-refractivity contribution is 9.10. The average molecular weight is 346 g/mol. The Morgan fingerprint density at radius 3 is 2.74 bits per heavy atom. The van der Waals surface area contributed by atoms with E-state index in [1.807, 2.05) is 12.3 Å². The Bertz CT molecular complexity index is 595. The molecule has 0 saturated heterocycles. The molecule has 0 bridgehead atoms. The number of aromatic nitrogens is 1. The van der Waals surface area contributed by atoms with E-state index in [1.165, 1.54) is 30.0 Å². The highest BCUT2D eigenvalue weighted by atomic mass is 79.9. The minimum absolute atomic E-state index is 0.148. The summed E-state index contributed by atoms with van der Waals surface area (Å²) < 4.78 is 32.2. The van der Waals surface area contributed by atoms with Crippen molar-refractivity contribution in [3.05, 3.63) is 52.3 Å². The maximum atomic E-state index is 13.3. The fraction of sp³-hybridized carbons (Fsp3) is 0.154. The number of benzene rings is 1. The van der Waals surface area contributed by atoms with Gasteiger partial charge in [0.25, 0.3) is 0 Å². The molecule has 0 spiro atoms. The van der Waals surface area contributed by atoms with E-state index in [2.05, 4.69) is 20.9 Å². The molecule has 0 amide bonds. The van der Waals surface area contributed by atoms with Crippen LogP contribution in [0.2, 0.25) is 0 Å². The molecule has 6 heteroatoms. The first-order valence-corrected chi connectivity index (χ1v) is 7.37. The van der Waals surface area contributed by atoms with Crippen LogP contribution in [0.1, 0.15) is 5.56 Å². The summed E-state index contributed by atoms with van der Waals surface area (Å²) in [7, 11) is 0. The predicted molar refractivity (Wildman–Crippen MR) is 74.4 cm³/mol. The summed E-state index contributed by atoms with van der Waals surface area (Å²) in [5, 5.41) is 0. The first-order valence-electron chi connectivity index (χ1n) is 5.36. The largest absolute Gasteiger partial charge is 0.486 e. The lowest BCUT2D eigenvalue weighted by atomic mass is 10.2. The van der Waals surface area contributed by atoms with Gasteiger partial charge in [-0.15, -0.1) is 11.8 Å². The van der Waals surface area contributed by atoms with Gasteiger partial charge in [-0.05, 0) is 45.9 Å². The van der Waals surface area contributed by atoms with Crippen LogP contribution in [0.15, 0.2) is 40.0 Å². The van der Waals surface area contributed by atoms with Crippen molar-refractivity contribution in [3.63, 3.8) is 0 Å². The van der Waals surface area contributed by atoms with Crippen molar-refractivity contribution in [3.8, 4) is 5.75 Å². The Morgan fingerprint density at radius 1 is 1.21 bits per heavy atom. The van der Waals surface area contributed by atoms with Gasteiger partial charge in [-0.3, -0.25) is 0 Å². The third-order valence-corrected chi connectivity index (χ3v) is 3.64. The van der Waals surface area contributed by atoms with Gasteiger partial charge in [-0.1, -0.05) is 0 Å². The van der Waals surface area contributed by atoms with Crippen molar-refractivity contribution in [2.75, 3.05) is 6.26 Å². The van der Waals surface area contributed by atoms with Gasteiger partial charge < -0.3 is 4.74 Å². The number of ether oxygens (including phenoxy) is 1. The standard InChI is InChI=1S/C13H10BrF2NOS/c1-19-11-3-8(2-9(15)4-11)7-18-12-5-10(16)6-17-13(12)14/h2-6H,7H2,1H3. The zero-order chi connectivity index (χ0) is 13.8. The third-order valence-electron chi connectivity index (χ3n) is 2.33. The first-order chi connectivity index (χ1) is 9.08. The second kappa shape index (κ2) is 6.34. The van der Waals surface area contributed by atoms with Crippen LogP contribution in [0.3, 0.4) is 0 Å². The number of rotatable bonds is 4. The second-order valence-electron chi connectivity index (χ2n) is 3.73. The normalized spacial score (nSPS) is 10.5. The van der Waals surface area contributed by atoms with Crippen molar-refractivity contribution >= 4 is 27.7 Å². The maximum absolute atomic E-state index is 13.3. The van der Waals surface area contributed by atoms with Gasteiger partial charge in [0.2, 0.25) is 0 Å². The maximum Gasteiger partial charge on any atom is 0.155 e. The highest BCUT2D eigenvalue weighted by Gasteiger charge is 2.06. The number of halogens is 3. The van der Waals surface area contributed by atoms with Gasteiger partial charge in [0.05, 0.1) is 6.20 Å². The molecule has 0 aliphatic heterocycles. The highest BCUT2D eigenvalue weighted by Crippen LogP contribution is 2.25. The Balaban J connectivity index is 2.14. The smallest absolute Gasteiger partial charge is 0.155 e. The second-order valence-corrected chi connectivity index (χ2v) is 5.36.